The Bertz CT molecular complexity index is 520. The van der Waals surface area contributed by atoms with Gasteiger partial charge >= 0.3 is 5.97 Å². The van der Waals surface area contributed by atoms with E-state index in [4.69, 9.17) is 5.11 Å². The monoisotopic (exact) mass is 232 g/mol. The quantitative estimate of drug-likeness (QED) is 0.832. The van der Waals surface area contributed by atoms with E-state index in [1.165, 1.54) is 6.33 Å². The minimum atomic E-state index is -0.991. The van der Waals surface area contributed by atoms with E-state index in [-0.39, 0.29) is 12.3 Å². The first-order chi connectivity index (χ1) is 8.16. The Morgan fingerprint density at radius 3 is 2.65 bits per heavy atom. The van der Waals surface area contributed by atoms with Crippen molar-refractivity contribution in [3.8, 4) is 5.88 Å². The molecule has 0 atom stereocenters. The van der Waals surface area contributed by atoms with E-state index in [2.05, 4.69) is 4.98 Å². The zero-order chi connectivity index (χ0) is 12.3. The van der Waals surface area contributed by atoms with Crippen LogP contribution in [0, 0.1) is 0 Å². The molecule has 0 aliphatic rings. The number of imidazole rings is 1. The fourth-order valence-electron chi connectivity index (χ4n) is 1.64. The van der Waals surface area contributed by atoms with Gasteiger partial charge in [-0.15, -0.1) is 0 Å². The number of carbonyl (C=O) groups is 1. The fraction of sp³-hybridized carbons (Fsp3) is 0.167. The third-order valence-corrected chi connectivity index (χ3v) is 2.44. The fourth-order valence-corrected chi connectivity index (χ4v) is 1.64. The third-order valence-electron chi connectivity index (χ3n) is 2.44. The third kappa shape index (κ3) is 2.63. The van der Waals surface area contributed by atoms with Gasteiger partial charge < -0.3 is 14.8 Å². The highest BCUT2D eigenvalue weighted by Gasteiger charge is 2.13. The number of nitrogens with zero attached hydrogens (tertiary/aromatic N) is 2. The second-order valence-corrected chi connectivity index (χ2v) is 3.70. The molecule has 0 unspecified atom stereocenters. The summed E-state index contributed by atoms with van der Waals surface area (Å²) < 4.78 is 1.64. The summed E-state index contributed by atoms with van der Waals surface area (Å²) in [7, 11) is 0. The lowest BCUT2D eigenvalue weighted by Crippen LogP contribution is -2.08. The molecular formula is C12H12N2O3. The second kappa shape index (κ2) is 4.69. The standard InChI is InChI=1S/C12H12N2O3/c15-11(16)6-10-12(17)13-8-14(10)7-9-4-2-1-3-5-9/h1-5,8,17H,6-7H2,(H,15,16). The summed E-state index contributed by atoms with van der Waals surface area (Å²) in [6.07, 6.45) is 1.21. The summed E-state index contributed by atoms with van der Waals surface area (Å²) in [5.74, 6) is -1.21. The van der Waals surface area contributed by atoms with Crippen molar-refractivity contribution in [2.75, 3.05) is 0 Å². The molecule has 2 N–H and O–H groups in total. The highest BCUT2D eigenvalue weighted by Crippen LogP contribution is 2.16. The average Bonchev–Trinajstić information content (AvgIpc) is 2.62. The number of aromatic hydroxyl groups is 1. The molecule has 0 saturated heterocycles. The van der Waals surface area contributed by atoms with E-state index in [9.17, 15) is 9.90 Å². The van der Waals surface area contributed by atoms with Crippen LogP contribution in [0.2, 0.25) is 0 Å². The van der Waals surface area contributed by atoms with Crippen LogP contribution in [0.4, 0.5) is 0 Å². The van der Waals surface area contributed by atoms with Crippen LogP contribution in [0.25, 0.3) is 0 Å². The van der Waals surface area contributed by atoms with Crippen LogP contribution < -0.4 is 0 Å². The van der Waals surface area contributed by atoms with Gasteiger partial charge in [0.05, 0.1) is 18.4 Å². The SMILES string of the molecule is O=C(O)Cc1c(O)ncn1Cc1ccccc1. The van der Waals surface area contributed by atoms with Crippen LogP contribution in [0.5, 0.6) is 5.88 Å². The largest absolute Gasteiger partial charge is 0.492 e. The molecule has 88 valence electrons. The van der Waals surface area contributed by atoms with Gasteiger partial charge in [-0.3, -0.25) is 4.79 Å². The lowest BCUT2D eigenvalue weighted by atomic mass is 10.2. The lowest BCUT2D eigenvalue weighted by molar-refractivity contribution is -0.136. The highest BCUT2D eigenvalue weighted by molar-refractivity contribution is 5.70. The van der Waals surface area contributed by atoms with Gasteiger partial charge in [0.2, 0.25) is 5.88 Å². The van der Waals surface area contributed by atoms with Gasteiger partial charge in [0.1, 0.15) is 0 Å². The van der Waals surface area contributed by atoms with Crippen LogP contribution >= 0.6 is 0 Å². The van der Waals surface area contributed by atoms with Gasteiger partial charge in [-0.05, 0) is 5.56 Å². The van der Waals surface area contributed by atoms with Crippen molar-refractivity contribution in [3.05, 3.63) is 47.9 Å². The lowest BCUT2D eigenvalue weighted by Gasteiger charge is -2.06. The Labute approximate surface area is 98.0 Å². The van der Waals surface area contributed by atoms with Gasteiger partial charge in [0.25, 0.3) is 0 Å². The number of benzene rings is 1. The zero-order valence-electron chi connectivity index (χ0n) is 9.08. The van der Waals surface area contributed by atoms with Crippen molar-refractivity contribution in [2.24, 2.45) is 0 Å². The molecule has 1 heterocycles. The Morgan fingerprint density at radius 1 is 1.29 bits per heavy atom. The Morgan fingerprint density at radius 2 is 2.00 bits per heavy atom. The summed E-state index contributed by atoms with van der Waals surface area (Å²) in [5, 5.41) is 18.2. The van der Waals surface area contributed by atoms with E-state index in [0.29, 0.717) is 12.2 Å². The maximum Gasteiger partial charge on any atom is 0.309 e. The van der Waals surface area contributed by atoms with E-state index < -0.39 is 5.97 Å². The zero-order valence-corrected chi connectivity index (χ0v) is 9.08. The topological polar surface area (TPSA) is 75.3 Å². The molecule has 0 aliphatic carbocycles. The molecule has 2 aromatic rings. The predicted molar refractivity (Wildman–Crippen MR) is 60.8 cm³/mol. The van der Waals surface area contributed by atoms with Crippen LogP contribution in [0.15, 0.2) is 36.7 Å². The first-order valence-corrected chi connectivity index (χ1v) is 5.15. The maximum absolute atomic E-state index is 10.7. The highest BCUT2D eigenvalue weighted by atomic mass is 16.4. The van der Waals surface area contributed by atoms with Gasteiger partial charge in [-0.2, -0.15) is 0 Å². The van der Waals surface area contributed by atoms with E-state index in [1.54, 1.807) is 4.57 Å². The molecule has 17 heavy (non-hydrogen) atoms. The molecule has 1 aromatic heterocycles. The Hall–Kier alpha value is -2.30. The van der Waals surface area contributed by atoms with Crippen LogP contribution in [-0.2, 0) is 17.8 Å². The summed E-state index contributed by atoms with van der Waals surface area (Å²) >= 11 is 0. The summed E-state index contributed by atoms with van der Waals surface area (Å²) in [4.78, 5) is 14.4. The molecule has 0 saturated carbocycles. The van der Waals surface area contributed by atoms with Crippen molar-refractivity contribution in [1.29, 1.82) is 0 Å². The summed E-state index contributed by atoms with van der Waals surface area (Å²) in [6.45, 7) is 0.497. The molecule has 1 aromatic carbocycles. The second-order valence-electron chi connectivity index (χ2n) is 3.70. The molecule has 0 bridgehead atoms. The first kappa shape index (κ1) is 11.2. The van der Waals surface area contributed by atoms with Crippen molar-refractivity contribution in [1.82, 2.24) is 9.55 Å². The van der Waals surface area contributed by atoms with E-state index >= 15 is 0 Å². The summed E-state index contributed by atoms with van der Waals surface area (Å²) in [6, 6.07) is 9.59. The van der Waals surface area contributed by atoms with Crippen molar-refractivity contribution < 1.29 is 15.0 Å². The average molecular weight is 232 g/mol. The maximum atomic E-state index is 10.7. The van der Waals surface area contributed by atoms with Crippen molar-refractivity contribution in [3.63, 3.8) is 0 Å². The van der Waals surface area contributed by atoms with Gasteiger partial charge in [-0.25, -0.2) is 4.98 Å². The molecule has 5 nitrogen and oxygen atoms in total. The smallest absolute Gasteiger partial charge is 0.309 e. The number of hydrogen-bond donors (Lipinski definition) is 2. The van der Waals surface area contributed by atoms with E-state index in [0.717, 1.165) is 5.56 Å². The van der Waals surface area contributed by atoms with E-state index in [1.807, 2.05) is 30.3 Å². The number of carboxylic acid groups (broad SMARTS) is 1. The molecule has 2 rings (SSSR count). The van der Waals surface area contributed by atoms with Gasteiger partial charge in [-0.1, -0.05) is 30.3 Å². The minimum Gasteiger partial charge on any atom is -0.492 e. The number of aliphatic carboxylic acids is 1. The van der Waals surface area contributed by atoms with Crippen LogP contribution in [0.1, 0.15) is 11.3 Å². The molecule has 0 radical (unpaired) electrons. The normalized spacial score (nSPS) is 10.4. The molecular weight excluding hydrogens is 220 g/mol. The van der Waals surface area contributed by atoms with Crippen molar-refractivity contribution >= 4 is 5.97 Å². The summed E-state index contributed by atoms with van der Waals surface area (Å²) in [5.41, 5.74) is 1.35. The van der Waals surface area contributed by atoms with Crippen molar-refractivity contribution in [2.45, 2.75) is 13.0 Å². The Kier molecular flexibility index (Phi) is 3.09. The molecule has 0 fully saturated rings. The Balaban J connectivity index is 2.24. The molecule has 0 aliphatic heterocycles. The first-order valence-electron chi connectivity index (χ1n) is 5.15. The van der Waals surface area contributed by atoms with Crippen LogP contribution in [0.3, 0.4) is 0 Å². The van der Waals surface area contributed by atoms with Crippen LogP contribution in [-0.4, -0.2) is 25.7 Å². The molecule has 0 amide bonds. The molecule has 5 heteroatoms. The van der Waals surface area contributed by atoms with Gasteiger partial charge in [0, 0.05) is 6.54 Å². The minimum absolute atomic E-state index is 0.219. The predicted octanol–water partition coefficient (Wildman–Crippen LogP) is 1.26. The number of aromatic nitrogens is 2. The van der Waals surface area contributed by atoms with Gasteiger partial charge in [0.15, 0.2) is 0 Å². The molecule has 0 spiro atoms. The number of hydrogen-bond acceptors (Lipinski definition) is 3. The number of rotatable bonds is 4. The number of carboxylic acids is 1.